The Balaban J connectivity index is 2.19. The van der Waals surface area contributed by atoms with E-state index < -0.39 is 74.5 Å². The number of Topliss-reactive ketones (excluding diaryl/α,β-unsaturated/α-hetero) is 4. The zero-order valence-corrected chi connectivity index (χ0v) is 25.4. The van der Waals surface area contributed by atoms with E-state index in [4.69, 9.17) is 0 Å². The monoisotopic (exact) mass is 566 g/mol. The summed E-state index contributed by atoms with van der Waals surface area (Å²) in [5.41, 5.74) is -6.52. The highest BCUT2D eigenvalue weighted by Gasteiger charge is 2.76. The van der Waals surface area contributed by atoms with Gasteiger partial charge in [-0.2, -0.15) is 0 Å². The van der Waals surface area contributed by atoms with Crippen molar-refractivity contribution < 1.29 is 39.6 Å². The van der Waals surface area contributed by atoms with Crippen LogP contribution in [0.1, 0.15) is 92.2 Å². The van der Waals surface area contributed by atoms with Crippen LogP contribution in [0.4, 0.5) is 0 Å². The molecule has 3 aliphatic carbocycles. The maximum absolute atomic E-state index is 14.7. The van der Waals surface area contributed by atoms with E-state index in [0.29, 0.717) is 5.56 Å². The van der Waals surface area contributed by atoms with E-state index >= 15 is 0 Å². The van der Waals surface area contributed by atoms with Gasteiger partial charge in [0.1, 0.15) is 28.6 Å². The van der Waals surface area contributed by atoms with Crippen LogP contribution < -0.4 is 0 Å². The molecule has 0 bridgehead atoms. The zero-order chi connectivity index (χ0) is 31.2. The first-order valence-electron chi connectivity index (χ1n) is 14.2. The second kappa shape index (κ2) is 9.38. The van der Waals surface area contributed by atoms with Crippen molar-refractivity contribution in [3.63, 3.8) is 0 Å². The molecule has 0 spiro atoms. The number of rotatable bonds is 5. The van der Waals surface area contributed by atoms with Crippen molar-refractivity contribution in [3.8, 4) is 5.75 Å². The van der Waals surface area contributed by atoms with Crippen molar-refractivity contribution in [2.45, 2.75) is 86.7 Å². The number of allylic oxidation sites excluding steroid dienone is 1. The molecule has 6 atom stereocenters. The molecule has 1 fully saturated rings. The predicted octanol–water partition coefficient (Wildman–Crippen LogP) is 5.37. The largest absolute Gasteiger partial charge is 0.508 e. The van der Waals surface area contributed by atoms with E-state index in [-0.39, 0.29) is 40.9 Å². The minimum atomic E-state index is -2.80. The molecule has 0 aliphatic heterocycles. The summed E-state index contributed by atoms with van der Waals surface area (Å²) in [5.74, 6) is -7.66. The molecule has 8 nitrogen and oxygen atoms in total. The van der Waals surface area contributed by atoms with Crippen LogP contribution in [0.15, 0.2) is 35.1 Å². The number of fused-ring (bicyclic) bond motifs is 3. The number of aliphatic hydroxyl groups is 3. The standard InChI is InChI=1S/C33H42O8/c1-15(2)24-26(37)22(17(4)34)28(39)33(41)29(40)25-27(38)23-19(11-10-12-20(23)36)16(3)31(25,8)21(32(24,33)9)13-18(35)14-30(5,6)7/h10-12,15-16,21,24,36,38-39,41H,13-14H2,1-9H3/t16-,21-,24?,31-,32-,33+/m1/s1. The van der Waals surface area contributed by atoms with E-state index in [2.05, 4.69) is 0 Å². The number of hydrogen-bond donors (Lipinski definition) is 4. The Bertz CT molecular complexity index is 1440. The number of aromatic hydroxyl groups is 1. The van der Waals surface area contributed by atoms with Crippen LogP contribution in [0.5, 0.6) is 5.75 Å². The van der Waals surface area contributed by atoms with Crippen molar-refractivity contribution in [1.82, 2.24) is 0 Å². The average molecular weight is 567 g/mol. The maximum atomic E-state index is 14.7. The van der Waals surface area contributed by atoms with Crippen LogP contribution in [0, 0.1) is 34.0 Å². The van der Waals surface area contributed by atoms with Gasteiger partial charge in [-0.05, 0) is 41.7 Å². The molecule has 1 saturated carbocycles. The van der Waals surface area contributed by atoms with Crippen molar-refractivity contribution in [1.29, 1.82) is 0 Å². The lowest BCUT2D eigenvalue weighted by Gasteiger charge is -2.65. The van der Waals surface area contributed by atoms with Crippen molar-refractivity contribution in [2.24, 2.45) is 34.0 Å². The highest BCUT2D eigenvalue weighted by Crippen LogP contribution is 2.71. The first kappa shape index (κ1) is 30.7. The van der Waals surface area contributed by atoms with Gasteiger partial charge in [0.15, 0.2) is 17.2 Å². The van der Waals surface area contributed by atoms with Gasteiger partial charge in [0.2, 0.25) is 5.78 Å². The minimum Gasteiger partial charge on any atom is -0.508 e. The summed E-state index contributed by atoms with van der Waals surface area (Å²) in [6.45, 7) is 15.5. The van der Waals surface area contributed by atoms with Gasteiger partial charge < -0.3 is 20.4 Å². The number of benzene rings is 1. The third-order valence-electron chi connectivity index (χ3n) is 10.2. The maximum Gasteiger partial charge on any atom is 0.203 e. The lowest BCUT2D eigenvalue weighted by molar-refractivity contribution is -0.199. The van der Waals surface area contributed by atoms with Crippen LogP contribution in [0.25, 0.3) is 5.76 Å². The molecule has 3 aliphatic rings. The van der Waals surface area contributed by atoms with Crippen LogP contribution >= 0.6 is 0 Å². The van der Waals surface area contributed by atoms with Crippen LogP contribution in [-0.2, 0) is 19.2 Å². The van der Waals surface area contributed by atoms with E-state index in [9.17, 15) is 39.6 Å². The van der Waals surface area contributed by atoms with Gasteiger partial charge in [-0.3, -0.25) is 19.2 Å². The van der Waals surface area contributed by atoms with Crippen LogP contribution in [0.3, 0.4) is 0 Å². The second-order valence-electron chi connectivity index (χ2n) is 14.2. The molecule has 8 heteroatoms. The number of carbonyl (C=O) groups excluding carboxylic acids is 4. The SMILES string of the molecule is CC(=O)C1=C(O)[C@]2(O)C(=O)C3=C(O)c4c(O)cccc4[C@@H](C)[C@]3(C)[C@@H](CC(=O)CC(C)(C)C)[C@]2(C)C(C(C)C)C1=O. The van der Waals surface area contributed by atoms with Crippen LogP contribution in [0.2, 0.25) is 0 Å². The van der Waals surface area contributed by atoms with E-state index in [1.165, 1.54) is 6.07 Å². The fourth-order valence-corrected chi connectivity index (χ4v) is 8.41. The van der Waals surface area contributed by atoms with Gasteiger partial charge in [0.05, 0.1) is 5.56 Å². The number of hydrogen-bond acceptors (Lipinski definition) is 8. The minimum absolute atomic E-state index is 0.0374. The summed E-state index contributed by atoms with van der Waals surface area (Å²) in [5, 5.41) is 46.5. The molecule has 1 aromatic rings. The Labute approximate surface area is 241 Å². The summed E-state index contributed by atoms with van der Waals surface area (Å²) in [6.07, 6.45) is 0.0218. The molecule has 1 aromatic carbocycles. The molecular weight excluding hydrogens is 524 g/mol. The Morgan fingerprint density at radius 1 is 1.05 bits per heavy atom. The van der Waals surface area contributed by atoms with Gasteiger partial charge in [0, 0.05) is 35.2 Å². The lowest BCUT2D eigenvalue weighted by atomic mass is 9.37. The molecule has 0 aromatic heterocycles. The topological polar surface area (TPSA) is 149 Å². The number of aliphatic hydroxyl groups excluding tert-OH is 2. The molecule has 1 unspecified atom stereocenters. The Morgan fingerprint density at radius 3 is 2.15 bits per heavy atom. The third kappa shape index (κ3) is 3.89. The van der Waals surface area contributed by atoms with Gasteiger partial charge in [-0.15, -0.1) is 0 Å². The fourth-order valence-electron chi connectivity index (χ4n) is 8.41. The van der Waals surface area contributed by atoms with Gasteiger partial charge in [-0.25, -0.2) is 0 Å². The Morgan fingerprint density at radius 2 is 1.63 bits per heavy atom. The zero-order valence-electron chi connectivity index (χ0n) is 25.4. The van der Waals surface area contributed by atoms with Crippen LogP contribution in [-0.4, -0.2) is 49.2 Å². The Kier molecular flexibility index (Phi) is 7.02. The van der Waals surface area contributed by atoms with Crippen molar-refractivity contribution in [2.75, 3.05) is 0 Å². The first-order chi connectivity index (χ1) is 18.7. The van der Waals surface area contributed by atoms with E-state index in [1.54, 1.807) is 39.8 Å². The van der Waals surface area contributed by atoms with Gasteiger partial charge in [0.25, 0.3) is 0 Å². The molecule has 4 N–H and O–H groups in total. The fraction of sp³-hybridized carbons (Fsp3) is 0.576. The smallest absolute Gasteiger partial charge is 0.203 e. The number of phenols is 1. The molecule has 0 radical (unpaired) electrons. The Hall–Kier alpha value is -3.26. The molecule has 0 saturated heterocycles. The summed E-state index contributed by atoms with van der Waals surface area (Å²) in [6, 6.07) is 4.74. The highest BCUT2D eigenvalue weighted by molar-refractivity contribution is 6.24. The summed E-state index contributed by atoms with van der Waals surface area (Å²) in [4.78, 5) is 55.1. The third-order valence-corrected chi connectivity index (χ3v) is 10.2. The number of carbonyl (C=O) groups is 4. The van der Waals surface area contributed by atoms with Crippen molar-refractivity contribution in [3.05, 3.63) is 46.2 Å². The molecule has 41 heavy (non-hydrogen) atoms. The summed E-state index contributed by atoms with van der Waals surface area (Å²) < 4.78 is 0. The van der Waals surface area contributed by atoms with Crippen molar-refractivity contribution >= 4 is 28.9 Å². The van der Waals surface area contributed by atoms with E-state index in [0.717, 1.165) is 6.92 Å². The van der Waals surface area contributed by atoms with E-state index in [1.807, 2.05) is 27.7 Å². The molecule has 222 valence electrons. The predicted molar refractivity (Wildman–Crippen MR) is 153 cm³/mol. The molecule has 4 rings (SSSR count). The summed E-state index contributed by atoms with van der Waals surface area (Å²) >= 11 is 0. The molecule has 0 heterocycles. The molecular formula is C33H42O8. The lowest BCUT2D eigenvalue weighted by Crippen LogP contribution is -2.73. The number of phenolic OH excluding ortho intramolecular Hbond substituents is 1. The molecule has 0 amide bonds. The highest BCUT2D eigenvalue weighted by atomic mass is 16.3. The quantitative estimate of drug-likeness (QED) is 0.348. The van der Waals surface area contributed by atoms with Gasteiger partial charge >= 0.3 is 0 Å². The van der Waals surface area contributed by atoms with Gasteiger partial charge in [-0.1, -0.05) is 67.5 Å². The average Bonchev–Trinajstić information content (AvgIpc) is 2.82. The normalized spacial score (nSPS) is 33.5. The number of ketones is 4. The second-order valence-corrected chi connectivity index (χ2v) is 14.2. The summed E-state index contributed by atoms with van der Waals surface area (Å²) in [7, 11) is 0. The first-order valence-corrected chi connectivity index (χ1v) is 14.2.